The predicted octanol–water partition coefficient (Wildman–Crippen LogP) is 3.49. The van der Waals surface area contributed by atoms with E-state index in [-0.39, 0.29) is 0 Å². The number of hydrogen-bond acceptors (Lipinski definition) is 4. The van der Waals surface area contributed by atoms with Gasteiger partial charge >= 0.3 is 0 Å². The minimum atomic E-state index is 0.531. The van der Waals surface area contributed by atoms with E-state index in [4.69, 9.17) is 0 Å². The van der Waals surface area contributed by atoms with Crippen LogP contribution in [-0.4, -0.2) is 32.1 Å². The van der Waals surface area contributed by atoms with Crippen molar-refractivity contribution in [3.63, 3.8) is 0 Å². The quantitative estimate of drug-likeness (QED) is 0.595. The van der Waals surface area contributed by atoms with Crippen LogP contribution in [0.15, 0.2) is 29.7 Å². The van der Waals surface area contributed by atoms with Gasteiger partial charge in [0.1, 0.15) is 0 Å². The average Bonchev–Trinajstić information content (AvgIpc) is 3.02. The van der Waals surface area contributed by atoms with Gasteiger partial charge in [-0.05, 0) is 35.9 Å². The van der Waals surface area contributed by atoms with Gasteiger partial charge in [-0.3, -0.25) is 0 Å². The normalized spacial score (nSPS) is 15.8. The highest BCUT2D eigenvalue weighted by molar-refractivity contribution is 8.02. The van der Waals surface area contributed by atoms with E-state index in [1.54, 1.807) is 11.8 Å². The first kappa shape index (κ1) is 16.2. The van der Waals surface area contributed by atoms with Gasteiger partial charge < -0.3 is 15.5 Å². The van der Waals surface area contributed by atoms with Crippen LogP contribution in [0.25, 0.3) is 5.70 Å². The summed E-state index contributed by atoms with van der Waals surface area (Å²) in [5.41, 5.74) is 3.77. The molecule has 1 aliphatic heterocycles. The molecule has 0 spiro atoms. The van der Waals surface area contributed by atoms with Crippen molar-refractivity contribution in [1.82, 2.24) is 10.6 Å². The Balaban J connectivity index is 1.95. The van der Waals surface area contributed by atoms with Crippen molar-refractivity contribution in [2.24, 2.45) is 0 Å². The maximum atomic E-state index is 3.41. The summed E-state index contributed by atoms with van der Waals surface area (Å²) in [4.78, 5) is 2.47. The molecule has 3 nitrogen and oxygen atoms in total. The van der Waals surface area contributed by atoms with Gasteiger partial charge in [-0.1, -0.05) is 26.0 Å². The van der Waals surface area contributed by atoms with Crippen LogP contribution in [0.3, 0.4) is 0 Å². The first-order chi connectivity index (χ1) is 10.2. The number of anilines is 1. The minimum Gasteiger partial charge on any atom is -0.387 e. The summed E-state index contributed by atoms with van der Waals surface area (Å²) in [5, 5.41) is 8.90. The van der Waals surface area contributed by atoms with Gasteiger partial charge in [0.2, 0.25) is 0 Å². The Morgan fingerprint density at radius 1 is 1.24 bits per heavy atom. The largest absolute Gasteiger partial charge is 0.387 e. The Bertz CT molecular complexity index is 448. The molecule has 0 bridgehead atoms. The summed E-state index contributed by atoms with van der Waals surface area (Å²) in [6.07, 6.45) is 2.64. The van der Waals surface area contributed by atoms with Crippen LogP contribution in [0.5, 0.6) is 0 Å². The number of rotatable bonds is 7. The molecule has 1 saturated heterocycles. The molecule has 2 N–H and O–H groups in total. The van der Waals surface area contributed by atoms with Crippen molar-refractivity contribution in [2.75, 3.05) is 30.9 Å². The highest BCUT2D eigenvalue weighted by Gasteiger charge is 2.12. The van der Waals surface area contributed by atoms with Crippen molar-refractivity contribution in [2.45, 2.75) is 32.7 Å². The third-order valence-electron chi connectivity index (χ3n) is 3.69. The number of hydrogen-bond donors (Lipinski definition) is 2. The molecule has 0 atom stereocenters. The number of nitrogens with one attached hydrogen (secondary N) is 2. The topological polar surface area (TPSA) is 27.3 Å². The van der Waals surface area contributed by atoms with E-state index in [9.17, 15) is 0 Å². The van der Waals surface area contributed by atoms with Crippen LogP contribution in [0, 0.1) is 0 Å². The Morgan fingerprint density at radius 3 is 2.48 bits per heavy atom. The van der Waals surface area contributed by atoms with Crippen molar-refractivity contribution >= 4 is 23.1 Å². The average molecular weight is 305 g/mol. The molecule has 1 aliphatic rings. The van der Waals surface area contributed by atoms with Gasteiger partial charge in [-0.25, -0.2) is 0 Å². The highest BCUT2D eigenvalue weighted by atomic mass is 32.2. The Hall–Kier alpha value is -1.13. The van der Waals surface area contributed by atoms with E-state index >= 15 is 0 Å². The van der Waals surface area contributed by atoms with Crippen LogP contribution in [0.1, 0.15) is 32.3 Å². The predicted molar refractivity (Wildman–Crippen MR) is 95.7 cm³/mol. The van der Waals surface area contributed by atoms with E-state index in [0.717, 1.165) is 5.88 Å². The SMILES string of the molecule is CN/C(=C\SCNC(C)C)c1ccc(N2CCCC2)cc1. The lowest BCUT2D eigenvalue weighted by Crippen LogP contribution is -2.21. The van der Waals surface area contributed by atoms with Crippen LogP contribution < -0.4 is 15.5 Å². The third kappa shape index (κ3) is 4.97. The molecule has 0 aliphatic carbocycles. The molecule has 1 fully saturated rings. The maximum Gasteiger partial charge on any atom is 0.0475 e. The summed E-state index contributed by atoms with van der Waals surface area (Å²) in [6, 6.07) is 9.44. The molecule has 2 rings (SSSR count). The van der Waals surface area contributed by atoms with Crippen LogP contribution in [-0.2, 0) is 0 Å². The first-order valence-corrected chi connectivity index (χ1v) is 8.84. The molecular formula is C17H27N3S. The molecule has 0 radical (unpaired) electrons. The lowest BCUT2D eigenvalue weighted by atomic mass is 10.1. The van der Waals surface area contributed by atoms with E-state index in [1.165, 1.54) is 42.9 Å². The van der Waals surface area contributed by atoms with Gasteiger partial charge in [-0.2, -0.15) is 0 Å². The maximum absolute atomic E-state index is 3.41. The molecule has 0 unspecified atom stereocenters. The van der Waals surface area contributed by atoms with Crippen molar-refractivity contribution in [3.05, 3.63) is 35.2 Å². The van der Waals surface area contributed by atoms with E-state index in [1.807, 2.05) is 7.05 Å². The summed E-state index contributed by atoms with van der Waals surface area (Å²) in [5.74, 6) is 0.939. The molecular weight excluding hydrogens is 278 g/mol. The Morgan fingerprint density at radius 2 is 1.90 bits per heavy atom. The third-order valence-corrected chi connectivity index (χ3v) is 4.43. The zero-order valence-corrected chi connectivity index (χ0v) is 14.2. The minimum absolute atomic E-state index is 0.531. The van der Waals surface area contributed by atoms with Gasteiger partial charge in [0.15, 0.2) is 0 Å². The van der Waals surface area contributed by atoms with Crippen LogP contribution >= 0.6 is 11.8 Å². The smallest absolute Gasteiger partial charge is 0.0475 e. The second-order valence-electron chi connectivity index (χ2n) is 5.69. The molecule has 116 valence electrons. The zero-order chi connectivity index (χ0) is 15.1. The highest BCUT2D eigenvalue weighted by Crippen LogP contribution is 2.23. The monoisotopic (exact) mass is 305 g/mol. The van der Waals surface area contributed by atoms with E-state index in [2.05, 4.69) is 59.1 Å². The number of nitrogens with zero attached hydrogens (tertiary/aromatic N) is 1. The molecule has 0 amide bonds. The fourth-order valence-electron chi connectivity index (χ4n) is 2.44. The molecule has 0 saturated carbocycles. The molecule has 0 aromatic heterocycles. The van der Waals surface area contributed by atoms with Crippen molar-refractivity contribution in [1.29, 1.82) is 0 Å². The van der Waals surface area contributed by atoms with Crippen LogP contribution in [0.2, 0.25) is 0 Å². The zero-order valence-electron chi connectivity index (χ0n) is 13.4. The van der Waals surface area contributed by atoms with Crippen molar-refractivity contribution < 1.29 is 0 Å². The second kappa shape index (κ2) is 8.35. The lowest BCUT2D eigenvalue weighted by Gasteiger charge is -2.18. The fourth-order valence-corrected chi connectivity index (χ4v) is 3.37. The summed E-state index contributed by atoms with van der Waals surface area (Å²) in [7, 11) is 1.98. The number of benzene rings is 1. The molecule has 1 heterocycles. The molecule has 1 aromatic carbocycles. The first-order valence-electron chi connectivity index (χ1n) is 7.79. The fraction of sp³-hybridized carbons (Fsp3) is 0.529. The number of thioether (sulfide) groups is 1. The van der Waals surface area contributed by atoms with Crippen molar-refractivity contribution in [3.8, 4) is 0 Å². The molecule has 4 heteroatoms. The lowest BCUT2D eigenvalue weighted by molar-refractivity contribution is 0.655. The standard InChI is InChI=1S/C17H27N3S/c1-14(2)19-13-21-12-17(18-3)15-6-8-16(9-7-15)20-10-4-5-11-20/h6-9,12,14,18-19H,4-5,10-11,13H2,1-3H3/b17-12-. The molecule has 21 heavy (non-hydrogen) atoms. The molecule has 1 aromatic rings. The summed E-state index contributed by atoms with van der Waals surface area (Å²) < 4.78 is 0. The van der Waals surface area contributed by atoms with E-state index in [0.29, 0.717) is 6.04 Å². The summed E-state index contributed by atoms with van der Waals surface area (Å²) >= 11 is 1.79. The van der Waals surface area contributed by atoms with Gasteiger partial charge in [0.05, 0.1) is 0 Å². The second-order valence-corrected chi connectivity index (χ2v) is 6.55. The Labute approximate surface area is 133 Å². The summed E-state index contributed by atoms with van der Waals surface area (Å²) in [6.45, 7) is 6.73. The van der Waals surface area contributed by atoms with Gasteiger partial charge in [0, 0.05) is 43.4 Å². The van der Waals surface area contributed by atoms with Gasteiger partial charge in [-0.15, -0.1) is 11.8 Å². The van der Waals surface area contributed by atoms with Gasteiger partial charge in [0.25, 0.3) is 0 Å². The van der Waals surface area contributed by atoms with E-state index < -0.39 is 0 Å². The van der Waals surface area contributed by atoms with Crippen LogP contribution in [0.4, 0.5) is 5.69 Å². The Kier molecular flexibility index (Phi) is 6.46.